The van der Waals surface area contributed by atoms with E-state index in [4.69, 9.17) is 0 Å². The van der Waals surface area contributed by atoms with Crippen LogP contribution in [-0.2, 0) is 0 Å². The van der Waals surface area contributed by atoms with Crippen molar-refractivity contribution in [2.45, 2.75) is 6.92 Å². The highest BCUT2D eigenvalue weighted by molar-refractivity contribution is 5.58. The van der Waals surface area contributed by atoms with Crippen LogP contribution in [0.15, 0.2) is 54.7 Å². The van der Waals surface area contributed by atoms with Crippen LogP contribution in [0.4, 0.5) is 27.5 Å². The number of hydrogen-bond acceptors (Lipinski definition) is 5. The van der Waals surface area contributed by atoms with Crippen LogP contribution < -0.4 is 10.6 Å². The third-order valence-corrected chi connectivity index (χ3v) is 2.93. The largest absolute Gasteiger partial charge is 0.339 e. The molecule has 2 aromatic carbocycles. The summed E-state index contributed by atoms with van der Waals surface area (Å²) < 4.78 is 13.2. The van der Waals surface area contributed by atoms with Gasteiger partial charge in [-0.15, -0.1) is 5.10 Å². The van der Waals surface area contributed by atoms with Crippen molar-refractivity contribution in [3.63, 3.8) is 0 Å². The molecule has 0 spiro atoms. The van der Waals surface area contributed by atoms with Gasteiger partial charge in [-0.2, -0.15) is 10.1 Å². The molecule has 0 fully saturated rings. The second kappa shape index (κ2) is 6.17. The predicted molar refractivity (Wildman–Crippen MR) is 84.0 cm³/mol. The molecule has 0 atom stereocenters. The molecular formula is C16H14FN5. The van der Waals surface area contributed by atoms with E-state index in [9.17, 15) is 4.39 Å². The smallest absolute Gasteiger partial charge is 0.249 e. The fourth-order valence-corrected chi connectivity index (χ4v) is 1.98. The van der Waals surface area contributed by atoms with Crippen LogP contribution in [0.3, 0.4) is 0 Å². The van der Waals surface area contributed by atoms with Crippen LogP contribution in [0, 0.1) is 12.7 Å². The zero-order valence-corrected chi connectivity index (χ0v) is 11.9. The molecule has 3 rings (SSSR count). The molecule has 0 unspecified atom stereocenters. The molecule has 0 amide bonds. The molecule has 0 saturated heterocycles. The minimum atomic E-state index is -0.315. The van der Waals surface area contributed by atoms with Gasteiger partial charge in [0.05, 0.1) is 6.20 Å². The molecule has 1 heterocycles. The van der Waals surface area contributed by atoms with E-state index in [1.54, 1.807) is 12.1 Å². The first kappa shape index (κ1) is 13.9. The van der Waals surface area contributed by atoms with E-state index < -0.39 is 0 Å². The van der Waals surface area contributed by atoms with Gasteiger partial charge < -0.3 is 10.6 Å². The molecule has 0 aliphatic carbocycles. The molecule has 5 nitrogen and oxygen atoms in total. The van der Waals surface area contributed by atoms with Gasteiger partial charge in [-0.3, -0.25) is 0 Å². The highest BCUT2D eigenvalue weighted by Crippen LogP contribution is 2.17. The molecule has 2 N–H and O–H groups in total. The number of benzene rings is 2. The number of anilines is 4. The van der Waals surface area contributed by atoms with Gasteiger partial charge in [0.2, 0.25) is 5.95 Å². The molecule has 1 aromatic heterocycles. The van der Waals surface area contributed by atoms with E-state index in [1.165, 1.54) is 18.3 Å². The zero-order valence-electron chi connectivity index (χ0n) is 11.9. The summed E-state index contributed by atoms with van der Waals surface area (Å²) >= 11 is 0. The molecule has 0 radical (unpaired) electrons. The number of rotatable bonds is 4. The number of aromatic nitrogens is 3. The Balaban J connectivity index is 1.78. The Labute approximate surface area is 127 Å². The maximum absolute atomic E-state index is 13.2. The summed E-state index contributed by atoms with van der Waals surface area (Å²) in [6, 6.07) is 14.0. The maximum Gasteiger partial charge on any atom is 0.249 e. The number of nitrogens with one attached hydrogen (secondary N) is 2. The first-order valence-corrected chi connectivity index (χ1v) is 6.75. The van der Waals surface area contributed by atoms with E-state index in [-0.39, 0.29) is 5.82 Å². The zero-order chi connectivity index (χ0) is 15.4. The molecule has 22 heavy (non-hydrogen) atoms. The molecule has 3 aromatic rings. The first-order valence-electron chi connectivity index (χ1n) is 6.75. The van der Waals surface area contributed by atoms with Gasteiger partial charge in [-0.05, 0) is 42.8 Å². The SMILES string of the molecule is Cc1cccc(Nc2nncc(Nc3cccc(F)c3)n2)c1. The Morgan fingerprint density at radius 2 is 1.73 bits per heavy atom. The van der Waals surface area contributed by atoms with E-state index in [1.807, 2.05) is 31.2 Å². The summed E-state index contributed by atoms with van der Waals surface area (Å²) in [7, 11) is 0. The van der Waals surface area contributed by atoms with E-state index in [0.717, 1.165) is 11.3 Å². The predicted octanol–water partition coefficient (Wildman–Crippen LogP) is 3.81. The van der Waals surface area contributed by atoms with Crippen molar-refractivity contribution in [1.29, 1.82) is 0 Å². The van der Waals surface area contributed by atoms with Crippen LogP contribution in [-0.4, -0.2) is 15.2 Å². The lowest BCUT2D eigenvalue weighted by molar-refractivity contribution is 0.628. The highest BCUT2D eigenvalue weighted by Gasteiger charge is 2.03. The monoisotopic (exact) mass is 295 g/mol. The highest BCUT2D eigenvalue weighted by atomic mass is 19.1. The maximum atomic E-state index is 13.2. The Morgan fingerprint density at radius 1 is 0.955 bits per heavy atom. The standard InChI is InChI=1S/C16H14FN5/c1-11-4-2-6-13(8-11)20-16-21-15(10-18-22-16)19-14-7-3-5-12(17)9-14/h2-10H,1H3,(H2,19,20,21,22). The van der Waals surface area contributed by atoms with Crippen LogP contribution in [0.2, 0.25) is 0 Å². The van der Waals surface area contributed by atoms with Crippen molar-refractivity contribution in [2.24, 2.45) is 0 Å². The fourth-order valence-electron chi connectivity index (χ4n) is 1.98. The summed E-state index contributed by atoms with van der Waals surface area (Å²) in [5, 5.41) is 13.9. The fraction of sp³-hybridized carbons (Fsp3) is 0.0625. The molecule has 0 bridgehead atoms. The van der Waals surface area contributed by atoms with Gasteiger partial charge in [0.1, 0.15) is 5.82 Å². The van der Waals surface area contributed by atoms with Crippen molar-refractivity contribution >= 4 is 23.1 Å². The summed E-state index contributed by atoms with van der Waals surface area (Å²) in [5.74, 6) is 0.535. The van der Waals surface area contributed by atoms with Gasteiger partial charge in [0, 0.05) is 11.4 Å². The van der Waals surface area contributed by atoms with Crippen molar-refractivity contribution < 1.29 is 4.39 Å². The third-order valence-electron chi connectivity index (χ3n) is 2.93. The molecular weight excluding hydrogens is 281 g/mol. The Morgan fingerprint density at radius 3 is 2.50 bits per heavy atom. The number of aryl methyl sites for hydroxylation is 1. The molecule has 110 valence electrons. The van der Waals surface area contributed by atoms with Crippen LogP contribution in [0.25, 0.3) is 0 Å². The normalized spacial score (nSPS) is 10.3. The van der Waals surface area contributed by atoms with Gasteiger partial charge in [-0.25, -0.2) is 4.39 Å². The number of nitrogens with zero attached hydrogens (tertiary/aromatic N) is 3. The molecule has 6 heteroatoms. The topological polar surface area (TPSA) is 62.7 Å². The lowest BCUT2D eigenvalue weighted by atomic mass is 10.2. The average Bonchev–Trinajstić information content (AvgIpc) is 2.47. The van der Waals surface area contributed by atoms with Gasteiger partial charge >= 0.3 is 0 Å². The van der Waals surface area contributed by atoms with Crippen LogP contribution >= 0.6 is 0 Å². The minimum Gasteiger partial charge on any atom is -0.339 e. The quantitative estimate of drug-likeness (QED) is 0.766. The summed E-state index contributed by atoms with van der Waals surface area (Å²) in [5.41, 5.74) is 2.61. The van der Waals surface area contributed by atoms with E-state index >= 15 is 0 Å². The second-order valence-electron chi connectivity index (χ2n) is 4.80. The minimum absolute atomic E-state index is 0.315. The van der Waals surface area contributed by atoms with Crippen molar-refractivity contribution in [3.8, 4) is 0 Å². The summed E-state index contributed by atoms with van der Waals surface area (Å²) in [4.78, 5) is 4.30. The summed E-state index contributed by atoms with van der Waals surface area (Å²) in [6.45, 7) is 2.01. The number of hydrogen-bond donors (Lipinski definition) is 2. The van der Waals surface area contributed by atoms with E-state index in [0.29, 0.717) is 17.5 Å². The van der Waals surface area contributed by atoms with Crippen LogP contribution in [0.1, 0.15) is 5.56 Å². The van der Waals surface area contributed by atoms with Crippen molar-refractivity contribution in [2.75, 3.05) is 10.6 Å². The lowest BCUT2D eigenvalue weighted by Crippen LogP contribution is -2.02. The molecule has 0 aliphatic heterocycles. The Bertz CT molecular complexity index is 728. The molecule has 0 aliphatic rings. The van der Waals surface area contributed by atoms with Crippen molar-refractivity contribution in [1.82, 2.24) is 15.2 Å². The number of halogens is 1. The van der Waals surface area contributed by atoms with Crippen molar-refractivity contribution in [3.05, 3.63) is 66.1 Å². The second-order valence-corrected chi connectivity index (χ2v) is 4.80. The lowest BCUT2D eigenvalue weighted by Gasteiger charge is -2.08. The Hall–Kier alpha value is -3.02. The van der Waals surface area contributed by atoms with Gasteiger partial charge in [-0.1, -0.05) is 18.2 Å². The van der Waals surface area contributed by atoms with Gasteiger partial charge in [0.15, 0.2) is 5.82 Å². The third kappa shape index (κ3) is 3.54. The van der Waals surface area contributed by atoms with Gasteiger partial charge in [0.25, 0.3) is 0 Å². The average molecular weight is 295 g/mol. The molecule has 0 saturated carbocycles. The van der Waals surface area contributed by atoms with Crippen LogP contribution in [0.5, 0.6) is 0 Å². The Kier molecular flexibility index (Phi) is 3.91. The first-order chi connectivity index (χ1) is 10.7. The van der Waals surface area contributed by atoms with E-state index in [2.05, 4.69) is 25.8 Å². The summed E-state index contributed by atoms with van der Waals surface area (Å²) in [6.07, 6.45) is 1.48.